The summed E-state index contributed by atoms with van der Waals surface area (Å²) in [5.41, 5.74) is 1.55. The molecule has 2 saturated heterocycles. The number of rotatable bonds is 3. The second-order valence-electron chi connectivity index (χ2n) is 6.90. The lowest BCUT2D eigenvalue weighted by Gasteiger charge is -2.36. The van der Waals surface area contributed by atoms with Crippen molar-refractivity contribution < 1.29 is 18.8 Å². The minimum absolute atomic E-state index is 0.112. The molecule has 0 bridgehead atoms. The summed E-state index contributed by atoms with van der Waals surface area (Å²) in [4.78, 5) is 41.2. The van der Waals surface area contributed by atoms with Gasteiger partial charge in [0.1, 0.15) is 5.82 Å². The molecule has 7 heteroatoms. The number of amides is 3. The zero-order chi connectivity index (χ0) is 19.7. The van der Waals surface area contributed by atoms with Gasteiger partial charge in [-0.3, -0.25) is 19.3 Å². The second-order valence-corrected chi connectivity index (χ2v) is 6.90. The molecule has 2 aliphatic heterocycles. The fourth-order valence-electron chi connectivity index (χ4n) is 3.66. The van der Waals surface area contributed by atoms with Gasteiger partial charge in [-0.15, -0.1) is 0 Å². The number of halogens is 1. The smallest absolute Gasteiger partial charge is 0.253 e. The van der Waals surface area contributed by atoms with Gasteiger partial charge in [0.15, 0.2) is 0 Å². The Morgan fingerprint density at radius 2 is 1.43 bits per heavy atom. The summed E-state index contributed by atoms with van der Waals surface area (Å²) in [7, 11) is 0. The van der Waals surface area contributed by atoms with E-state index in [1.165, 1.54) is 11.0 Å². The standard InChI is InChI=1S/C21H20FN3O3/c22-17-3-1-2-4-18(17)23-11-13-24(14-12-23)21(28)15-5-7-16(8-6-15)25-19(26)9-10-20(25)27/h1-8H,9-14H2. The Kier molecular flexibility index (Phi) is 4.81. The van der Waals surface area contributed by atoms with Gasteiger partial charge in [0.05, 0.1) is 11.4 Å². The summed E-state index contributed by atoms with van der Waals surface area (Å²) >= 11 is 0. The molecule has 2 aromatic carbocycles. The molecule has 0 aromatic heterocycles. The van der Waals surface area contributed by atoms with Crippen molar-refractivity contribution in [2.75, 3.05) is 36.0 Å². The molecule has 2 aliphatic rings. The first kappa shape index (κ1) is 18.2. The normalized spacial score (nSPS) is 17.4. The average molecular weight is 381 g/mol. The van der Waals surface area contributed by atoms with Crippen molar-refractivity contribution in [3.63, 3.8) is 0 Å². The first-order valence-corrected chi connectivity index (χ1v) is 9.29. The molecule has 2 fully saturated rings. The lowest BCUT2D eigenvalue weighted by atomic mass is 10.1. The molecule has 2 aromatic rings. The minimum atomic E-state index is -0.260. The lowest BCUT2D eigenvalue weighted by Crippen LogP contribution is -2.49. The zero-order valence-corrected chi connectivity index (χ0v) is 15.3. The number of para-hydroxylation sites is 1. The Bertz CT molecular complexity index is 905. The van der Waals surface area contributed by atoms with Crippen LogP contribution in [0.3, 0.4) is 0 Å². The molecule has 3 amide bonds. The predicted molar refractivity (Wildman–Crippen MR) is 103 cm³/mol. The number of hydrogen-bond acceptors (Lipinski definition) is 4. The molecule has 28 heavy (non-hydrogen) atoms. The first-order chi connectivity index (χ1) is 13.5. The van der Waals surface area contributed by atoms with Crippen LogP contribution in [0.15, 0.2) is 48.5 Å². The number of hydrogen-bond donors (Lipinski definition) is 0. The van der Waals surface area contributed by atoms with Crippen molar-refractivity contribution in [3.8, 4) is 0 Å². The van der Waals surface area contributed by atoms with Crippen LogP contribution < -0.4 is 9.80 Å². The van der Waals surface area contributed by atoms with Crippen LogP contribution in [0.25, 0.3) is 0 Å². The van der Waals surface area contributed by atoms with E-state index >= 15 is 0 Å². The summed E-state index contributed by atoms with van der Waals surface area (Å²) in [6, 6.07) is 13.2. The Morgan fingerprint density at radius 1 is 0.821 bits per heavy atom. The molecule has 0 spiro atoms. The van der Waals surface area contributed by atoms with Gasteiger partial charge in [-0.05, 0) is 36.4 Å². The van der Waals surface area contributed by atoms with E-state index in [1.807, 2.05) is 4.90 Å². The van der Waals surface area contributed by atoms with Gasteiger partial charge in [0.2, 0.25) is 11.8 Å². The van der Waals surface area contributed by atoms with Crippen LogP contribution in [0.1, 0.15) is 23.2 Å². The van der Waals surface area contributed by atoms with Crippen molar-refractivity contribution in [2.45, 2.75) is 12.8 Å². The largest absolute Gasteiger partial charge is 0.366 e. The molecule has 4 rings (SSSR count). The molecule has 0 N–H and O–H groups in total. The van der Waals surface area contributed by atoms with Gasteiger partial charge in [0, 0.05) is 44.6 Å². The van der Waals surface area contributed by atoms with Gasteiger partial charge in [-0.2, -0.15) is 0 Å². The monoisotopic (exact) mass is 381 g/mol. The highest BCUT2D eigenvalue weighted by Crippen LogP contribution is 2.24. The van der Waals surface area contributed by atoms with Gasteiger partial charge in [-0.1, -0.05) is 12.1 Å². The van der Waals surface area contributed by atoms with Crippen molar-refractivity contribution >= 4 is 29.1 Å². The molecule has 0 radical (unpaired) electrons. The van der Waals surface area contributed by atoms with Gasteiger partial charge in [-0.25, -0.2) is 4.39 Å². The summed E-state index contributed by atoms with van der Waals surface area (Å²) < 4.78 is 13.9. The second kappa shape index (κ2) is 7.42. The number of imide groups is 1. The van der Waals surface area contributed by atoms with Crippen LogP contribution in [0.4, 0.5) is 15.8 Å². The fourth-order valence-corrected chi connectivity index (χ4v) is 3.66. The predicted octanol–water partition coefficient (Wildman–Crippen LogP) is 2.44. The first-order valence-electron chi connectivity index (χ1n) is 9.29. The van der Waals surface area contributed by atoms with Crippen LogP contribution in [0.5, 0.6) is 0 Å². The molecular weight excluding hydrogens is 361 g/mol. The van der Waals surface area contributed by atoms with E-state index < -0.39 is 0 Å². The number of piperazine rings is 1. The molecule has 0 saturated carbocycles. The number of nitrogens with zero attached hydrogens (tertiary/aromatic N) is 3. The van der Waals surface area contributed by atoms with Crippen LogP contribution in [0, 0.1) is 5.82 Å². The van der Waals surface area contributed by atoms with Crippen molar-refractivity contribution in [1.29, 1.82) is 0 Å². The maximum Gasteiger partial charge on any atom is 0.253 e. The summed E-state index contributed by atoms with van der Waals surface area (Å²) in [5, 5.41) is 0. The maximum absolute atomic E-state index is 13.9. The molecule has 6 nitrogen and oxygen atoms in total. The fraction of sp³-hybridized carbons (Fsp3) is 0.286. The minimum Gasteiger partial charge on any atom is -0.366 e. The van der Waals surface area contributed by atoms with E-state index in [4.69, 9.17) is 0 Å². The third-order valence-electron chi connectivity index (χ3n) is 5.18. The Morgan fingerprint density at radius 3 is 2.04 bits per heavy atom. The number of benzene rings is 2. The Hall–Kier alpha value is -3.22. The molecule has 0 aliphatic carbocycles. The summed E-state index contributed by atoms with van der Waals surface area (Å²) in [5.74, 6) is -0.802. The molecule has 144 valence electrons. The van der Waals surface area contributed by atoms with E-state index in [9.17, 15) is 18.8 Å². The lowest BCUT2D eigenvalue weighted by molar-refractivity contribution is -0.121. The molecular formula is C21H20FN3O3. The quantitative estimate of drug-likeness (QED) is 0.767. The number of anilines is 2. The van der Waals surface area contributed by atoms with Gasteiger partial charge >= 0.3 is 0 Å². The third-order valence-corrected chi connectivity index (χ3v) is 5.18. The van der Waals surface area contributed by atoms with Crippen molar-refractivity contribution in [2.24, 2.45) is 0 Å². The van der Waals surface area contributed by atoms with Crippen LogP contribution in [0.2, 0.25) is 0 Å². The Labute approximate surface area is 162 Å². The van der Waals surface area contributed by atoms with Gasteiger partial charge in [0.25, 0.3) is 5.91 Å². The molecule has 0 unspecified atom stereocenters. The van der Waals surface area contributed by atoms with E-state index in [0.29, 0.717) is 43.1 Å². The topological polar surface area (TPSA) is 60.9 Å². The van der Waals surface area contributed by atoms with Crippen LogP contribution in [-0.2, 0) is 9.59 Å². The van der Waals surface area contributed by atoms with E-state index in [-0.39, 0.29) is 36.4 Å². The van der Waals surface area contributed by atoms with Crippen LogP contribution in [-0.4, -0.2) is 48.8 Å². The zero-order valence-electron chi connectivity index (χ0n) is 15.3. The van der Waals surface area contributed by atoms with Gasteiger partial charge < -0.3 is 9.80 Å². The Balaban J connectivity index is 1.41. The van der Waals surface area contributed by atoms with E-state index in [0.717, 1.165) is 0 Å². The molecule has 2 heterocycles. The maximum atomic E-state index is 13.9. The summed E-state index contributed by atoms with van der Waals surface area (Å²) in [6.45, 7) is 2.11. The molecule has 0 atom stereocenters. The average Bonchev–Trinajstić information content (AvgIpc) is 3.06. The van der Waals surface area contributed by atoms with E-state index in [1.54, 1.807) is 47.4 Å². The number of carbonyl (C=O) groups excluding carboxylic acids is 3. The van der Waals surface area contributed by atoms with Crippen molar-refractivity contribution in [1.82, 2.24) is 4.90 Å². The highest BCUT2D eigenvalue weighted by molar-refractivity contribution is 6.19. The van der Waals surface area contributed by atoms with Crippen LogP contribution >= 0.6 is 0 Å². The van der Waals surface area contributed by atoms with Crippen molar-refractivity contribution in [3.05, 3.63) is 59.9 Å². The number of carbonyl (C=O) groups is 3. The third kappa shape index (κ3) is 3.35. The SMILES string of the molecule is O=C(c1ccc(N2C(=O)CCC2=O)cc1)N1CCN(c2ccccc2F)CC1. The summed E-state index contributed by atoms with van der Waals surface area (Å²) in [6.07, 6.45) is 0.456. The van der Waals surface area contributed by atoms with E-state index in [2.05, 4.69) is 0 Å². The highest BCUT2D eigenvalue weighted by atomic mass is 19.1. The highest BCUT2D eigenvalue weighted by Gasteiger charge is 2.30.